The first-order valence-electron chi connectivity index (χ1n) is 9.78. The largest absolute Gasteiger partial charge is 0.467 e. The Kier molecular flexibility index (Phi) is 9.57. The fraction of sp³-hybridized carbons (Fsp3) is 0.429. The van der Waals surface area contributed by atoms with Gasteiger partial charge in [0.2, 0.25) is 5.91 Å². The minimum Gasteiger partial charge on any atom is -0.467 e. The van der Waals surface area contributed by atoms with Crippen LogP contribution in [0.3, 0.4) is 0 Å². The number of benzene rings is 1. The molecule has 0 spiro atoms. The molecule has 7 nitrogen and oxygen atoms in total. The highest BCUT2D eigenvalue weighted by atomic mass is 127. The number of carbonyl (C=O) groups is 1. The molecule has 1 aliphatic rings. The summed E-state index contributed by atoms with van der Waals surface area (Å²) in [6, 6.07) is 9.93. The molecule has 1 fully saturated rings. The van der Waals surface area contributed by atoms with E-state index in [1.807, 2.05) is 13.8 Å². The van der Waals surface area contributed by atoms with Crippen molar-refractivity contribution in [1.29, 1.82) is 0 Å². The number of hydrogen-bond acceptors (Lipinski definition) is 4. The van der Waals surface area contributed by atoms with Crippen LogP contribution >= 0.6 is 24.0 Å². The van der Waals surface area contributed by atoms with Gasteiger partial charge in [0.05, 0.1) is 25.5 Å². The van der Waals surface area contributed by atoms with Crippen molar-refractivity contribution in [3.05, 3.63) is 59.8 Å². The molecule has 0 radical (unpaired) electrons. The van der Waals surface area contributed by atoms with Crippen LogP contribution in [0.15, 0.2) is 52.1 Å². The highest BCUT2D eigenvalue weighted by Gasteiger charge is 2.28. The molecular weight excluding hydrogens is 502 g/mol. The van der Waals surface area contributed by atoms with Gasteiger partial charge in [-0.1, -0.05) is 12.1 Å². The van der Waals surface area contributed by atoms with Crippen molar-refractivity contribution in [3.63, 3.8) is 0 Å². The molecule has 164 valence electrons. The van der Waals surface area contributed by atoms with Crippen LogP contribution in [-0.4, -0.2) is 49.0 Å². The van der Waals surface area contributed by atoms with Gasteiger partial charge in [-0.15, -0.1) is 24.0 Å². The van der Waals surface area contributed by atoms with Gasteiger partial charge in [0.15, 0.2) is 5.96 Å². The van der Waals surface area contributed by atoms with E-state index in [0.29, 0.717) is 37.9 Å². The zero-order chi connectivity index (χ0) is 20.6. The van der Waals surface area contributed by atoms with E-state index in [-0.39, 0.29) is 54.5 Å². The molecule has 1 aromatic heterocycles. The quantitative estimate of drug-likeness (QED) is 0.341. The molecule has 1 aromatic carbocycles. The second-order valence-corrected chi connectivity index (χ2v) is 6.92. The topological polar surface area (TPSA) is 79.1 Å². The van der Waals surface area contributed by atoms with Crippen molar-refractivity contribution in [2.45, 2.75) is 32.6 Å². The summed E-state index contributed by atoms with van der Waals surface area (Å²) in [5.74, 6) is 0.888. The second-order valence-electron chi connectivity index (χ2n) is 6.92. The summed E-state index contributed by atoms with van der Waals surface area (Å²) in [7, 11) is 0. The van der Waals surface area contributed by atoms with Crippen LogP contribution in [0.5, 0.6) is 0 Å². The summed E-state index contributed by atoms with van der Waals surface area (Å²) in [4.78, 5) is 18.7. The molecular formula is C21H28FIN4O3. The average Bonchev–Trinajstić information content (AvgIpc) is 3.23. The van der Waals surface area contributed by atoms with Gasteiger partial charge in [0, 0.05) is 13.1 Å². The van der Waals surface area contributed by atoms with Crippen LogP contribution in [0.2, 0.25) is 0 Å². The first-order chi connectivity index (χ1) is 14.0. The highest BCUT2D eigenvalue weighted by Crippen LogP contribution is 2.25. The van der Waals surface area contributed by atoms with Crippen LogP contribution in [0.4, 0.5) is 4.39 Å². The summed E-state index contributed by atoms with van der Waals surface area (Å²) in [6.07, 6.45) is 1.34. The predicted molar refractivity (Wildman–Crippen MR) is 123 cm³/mol. The second kappa shape index (κ2) is 11.9. The third-order valence-electron chi connectivity index (χ3n) is 4.55. The first-order valence-corrected chi connectivity index (χ1v) is 9.78. The van der Waals surface area contributed by atoms with Gasteiger partial charge in [-0.25, -0.2) is 9.38 Å². The van der Waals surface area contributed by atoms with Crippen molar-refractivity contribution >= 4 is 35.8 Å². The fourth-order valence-electron chi connectivity index (χ4n) is 3.21. The van der Waals surface area contributed by atoms with E-state index in [2.05, 4.69) is 20.5 Å². The Labute approximate surface area is 193 Å². The third-order valence-corrected chi connectivity index (χ3v) is 4.55. The molecule has 1 saturated heterocycles. The monoisotopic (exact) mass is 530 g/mol. The SMILES string of the molecule is CCNC(=NCC(=O)NCc1ccco1)N1CC(C)OC(c2ccc(F)cc2)C1.I. The molecule has 0 bridgehead atoms. The molecule has 0 aliphatic carbocycles. The minimum atomic E-state index is -0.273. The lowest BCUT2D eigenvalue weighted by molar-refractivity contribution is -0.119. The molecule has 30 heavy (non-hydrogen) atoms. The van der Waals surface area contributed by atoms with Gasteiger partial charge in [-0.05, 0) is 43.7 Å². The summed E-state index contributed by atoms with van der Waals surface area (Å²) >= 11 is 0. The van der Waals surface area contributed by atoms with E-state index in [9.17, 15) is 9.18 Å². The van der Waals surface area contributed by atoms with Gasteiger partial charge in [0.1, 0.15) is 24.2 Å². The lowest BCUT2D eigenvalue weighted by Gasteiger charge is -2.38. The first kappa shape index (κ1) is 24.1. The van der Waals surface area contributed by atoms with E-state index >= 15 is 0 Å². The van der Waals surface area contributed by atoms with E-state index in [4.69, 9.17) is 9.15 Å². The zero-order valence-corrected chi connectivity index (χ0v) is 19.5. The molecule has 1 amide bonds. The Morgan fingerprint density at radius 2 is 2.00 bits per heavy atom. The van der Waals surface area contributed by atoms with E-state index in [0.717, 1.165) is 5.56 Å². The standard InChI is InChI=1S/C21H27FN4O3.HI/c1-3-23-21(25-12-20(27)24-11-18-5-4-10-28-18)26-13-15(2)29-19(14-26)16-6-8-17(22)9-7-16;/h4-10,15,19H,3,11-14H2,1-2H3,(H,23,25)(H,24,27);1H. The van der Waals surface area contributed by atoms with Gasteiger partial charge in [0.25, 0.3) is 0 Å². The summed E-state index contributed by atoms with van der Waals surface area (Å²) in [6.45, 7) is 6.21. The van der Waals surface area contributed by atoms with E-state index < -0.39 is 0 Å². The van der Waals surface area contributed by atoms with Crippen molar-refractivity contribution < 1.29 is 18.3 Å². The van der Waals surface area contributed by atoms with Crippen LogP contribution in [0, 0.1) is 5.82 Å². The Morgan fingerprint density at radius 1 is 1.23 bits per heavy atom. The lowest BCUT2D eigenvalue weighted by Crippen LogP contribution is -2.51. The molecule has 0 saturated carbocycles. The predicted octanol–water partition coefficient (Wildman–Crippen LogP) is 3.08. The maximum atomic E-state index is 13.2. The Hall–Kier alpha value is -2.14. The number of aliphatic imine (C=N–C) groups is 1. The molecule has 3 rings (SSSR count). The number of nitrogens with one attached hydrogen (secondary N) is 2. The van der Waals surface area contributed by atoms with Crippen LogP contribution in [0.1, 0.15) is 31.3 Å². The summed E-state index contributed by atoms with van der Waals surface area (Å²) in [5.41, 5.74) is 0.912. The van der Waals surface area contributed by atoms with Gasteiger partial charge in [-0.2, -0.15) is 0 Å². The number of hydrogen-bond donors (Lipinski definition) is 2. The fourth-order valence-corrected chi connectivity index (χ4v) is 3.21. The number of carbonyl (C=O) groups excluding carboxylic acids is 1. The number of nitrogens with zero attached hydrogens (tertiary/aromatic N) is 2. The molecule has 2 N–H and O–H groups in total. The normalized spacial score (nSPS) is 19.2. The average molecular weight is 530 g/mol. The smallest absolute Gasteiger partial charge is 0.242 e. The van der Waals surface area contributed by atoms with Gasteiger partial charge < -0.3 is 24.7 Å². The maximum absolute atomic E-state index is 13.2. The van der Waals surface area contributed by atoms with E-state index in [1.54, 1.807) is 30.5 Å². The Balaban J connectivity index is 0.00000320. The highest BCUT2D eigenvalue weighted by molar-refractivity contribution is 14.0. The number of amides is 1. The molecule has 1 aliphatic heterocycles. The molecule has 2 heterocycles. The van der Waals surface area contributed by atoms with Crippen LogP contribution < -0.4 is 10.6 Å². The number of ether oxygens (including phenoxy) is 1. The van der Waals surface area contributed by atoms with Crippen molar-refractivity contribution in [2.75, 3.05) is 26.2 Å². The summed E-state index contributed by atoms with van der Waals surface area (Å²) in [5, 5.41) is 6.03. The molecule has 2 unspecified atom stereocenters. The Morgan fingerprint density at radius 3 is 2.67 bits per heavy atom. The van der Waals surface area contributed by atoms with Crippen LogP contribution in [-0.2, 0) is 16.1 Å². The van der Waals surface area contributed by atoms with Crippen LogP contribution in [0.25, 0.3) is 0 Å². The lowest BCUT2D eigenvalue weighted by atomic mass is 10.1. The molecule has 2 atom stereocenters. The van der Waals surface area contributed by atoms with Crippen molar-refractivity contribution in [3.8, 4) is 0 Å². The summed E-state index contributed by atoms with van der Waals surface area (Å²) < 4.78 is 24.5. The molecule has 9 heteroatoms. The zero-order valence-electron chi connectivity index (χ0n) is 17.1. The van der Waals surface area contributed by atoms with Gasteiger partial charge >= 0.3 is 0 Å². The Bertz CT molecular complexity index is 814. The van der Waals surface area contributed by atoms with E-state index in [1.165, 1.54) is 12.1 Å². The van der Waals surface area contributed by atoms with Crippen molar-refractivity contribution in [1.82, 2.24) is 15.5 Å². The number of halogens is 2. The van der Waals surface area contributed by atoms with Gasteiger partial charge in [-0.3, -0.25) is 4.79 Å². The number of furan rings is 1. The number of rotatable bonds is 6. The minimum absolute atomic E-state index is 0. The molecule has 2 aromatic rings. The number of morpholine rings is 1. The maximum Gasteiger partial charge on any atom is 0.242 e. The number of guanidine groups is 1. The van der Waals surface area contributed by atoms with Crippen molar-refractivity contribution in [2.24, 2.45) is 4.99 Å². The third kappa shape index (κ3) is 6.98.